The zero-order valence-electron chi connectivity index (χ0n) is 12.2. The van der Waals surface area contributed by atoms with Gasteiger partial charge in [-0.05, 0) is 32.8 Å². The van der Waals surface area contributed by atoms with Gasteiger partial charge in [-0.1, -0.05) is 25.4 Å². The van der Waals surface area contributed by atoms with Crippen molar-refractivity contribution in [3.8, 4) is 0 Å². The van der Waals surface area contributed by atoms with Crippen LogP contribution in [0.3, 0.4) is 0 Å². The fraction of sp³-hybridized carbons (Fsp3) is 0.533. The third-order valence-electron chi connectivity index (χ3n) is 4.14. The van der Waals surface area contributed by atoms with Crippen LogP contribution in [0.2, 0.25) is 5.02 Å². The van der Waals surface area contributed by atoms with Crippen molar-refractivity contribution in [2.45, 2.75) is 51.5 Å². The molecule has 2 nitrogen and oxygen atoms in total. The zero-order chi connectivity index (χ0) is 15.1. The molecule has 0 spiro atoms. The summed E-state index contributed by atoms with van der Waals surface area (Å²) in [5, 5.41) is -0.160. The molecular formula is C15H19Cl2FN2. The fourth-order valence-corrected chi connectivity index (χ4v) is 2.80. The van der Waals surface area contributed by atoms with Crippen LogP contribution in [0.5, 0.6) is 0 Å². The van der Waals surface area contributed by atoms with Crippen LogP contribution in [0, 0.1) is 5.82 Å². The number of imidazole rings is 1. The van der Waals surface area contributed by atoms with E-state index >= 15 is 0 Å². The summed E-state index contributed by atoms with van der Waals surface area (Å²) in [5.74, 6) is 0.332. The van der Waals surface area contributed by atoms with Crippen LogP contribution in [0.1, 0.15) is 51.7 Å². The number of rotatable bonds is 4. The van der Waals surface area contributed by atoms with Crippen LogP contribution in [0.25, 0.3) is 11.0 Å². The maximum atomic E-state index is 13.8. The molecule has 0 N–H and O–H groups in total. The van der Waals surface area contributed by atoms with Crippen LogP contribution < -0.4 is 0 Å². The standard InChI is InChI=1S/C15H19Cl2FN2/c1-5-15(4,6-2)20-13-8-11(18)10(17)7-12(13)19-14(20)9(3)16/h7-9H,5-6H2,1-4H3. The molecule has 0 saturated carbocycles. The van der Waals surface area contributed by atoms with Gasteiger partial charge in [0.1, 0.15) is 11.6 Å². The Balaban J connectivity index is 2.84. The van der Waals surface area contributed by atoms with E-state index in [0.29, 0.717) is 5.52 Å². The van der Waals surface area contributed by atoms with Gasteiger partial charge in [0, 0.05) is 11.6 Å². The Morgan fingerprint density at radius 2 is 1.95 bits per heavy atom. The summed E-state index contributed by atoms with van der Waals surface area (Å²) in [4.78, 5) is 4.56. The minimum Gasteiger partial charge on any atom is -0.321 e. The van der Waals surface area contributed by atoms with Gasteiger partial charge in [0.2, 0.25) is 0 Å². The van der Waals surface area contributed by atoms with Crippen molar-refractivity contribution in [3.05, 3.63) is 28.8 Å². The number of benzene rings is 1. The van der Waals surface area contributed by atoms with Gasteiger partial charge in [-0.3, -0.25) is 0 Å². The Morgan fingerprint density at radius 3 is 2.45 bits per heavy atom. The molecule has 0 aliphatic rings. The topological polar surface area (TPSA) is 17.8 Å². The molecule has 2 rings (SSSR count). The van der Waals surface area contributed by atoms with Crippen molar-refractivity contribution in [3.63, 3.8) is 0 Å². The summed E-state index contributed by atoms with van der Waals surface area (Å²) in [6.45, 7) is 8.25. The number of fused-ring (bicyclic) bond motifs is 1. The van der Waals surface area contributed by atoms with E-state index in [0.717, 1.165) is 24.2 Å². The maximum absolute atomic E-state index is 13.8. The molecule has 0 amide bonds. The van der Waals surface area contributed by atoms with E-state index < -0.39 is 5.82 Å². The van der Waals surface area contributed by atoms with E-state index in [1.807, 2.05) is 6.92 Å². The highest BCUT2D eigenvalue weighted by Crippen LogP contribution is 2.36. The Morgan fingerprint density at radius 1 is 1.35 bits per heavy atom. The molecule has 0 aliphatic carbocycles. The third kappa shape index (κ3) is 2.42. The van der Waals surface area contributed by atoms with Gasteiger partial charge < -0.3 is 4.57 Å². The molecule has 0 aliphatic heterocycles. The Bertz CT molecular complexity index is 630. The highest BCUT2D eigenvalue weighted by atomic mass is 35.5. The summed E-state index contributed by atoms with van der Waals surface area (Å²) in [6.07, 6.45) is 1.83. The first-order valence-electron chi connectivity index (χ1n) is 6.86. The SMILES string of the molecule is CCC(C)(CC)n1c(C(C)Cl)nc2cc(Cl)c(F)cc21. The normalized spacial score (nSPS) is 13.9. The van der Waals surface area contributed by atoms with Gasteiger partial charge in [-0.25, -0.2) is 9.37 Å². The average Bonchev–Trinajstić information content (AvgIpc) is 2.77. The highest BCUT2D eigenvalue weighted by Gasteiger charge is 2.29. The average molecular weight is 317 g/mol. The van der Waals surface area contributed by atoms with Gasteiger partial charge >= 0.3 is 0 Å². The number of halogens is 3. The summed E-state index contributed by atoms with van der Waals surface area (Å²) in [5.41, 5.74) is 1.29. The van der Waals surface area contributed by atoms with Crippen molar-refractivity contribution in [2.24, 2.45) is 0 Å². The van der Waals surface area contributed by atoms with Gasteiger partial charge in [0.15, 0.2) is 0 Å². The van der Waals surface area contributed by atoms with E-state index in [-0.39, 0.29) is 15.9 Å². The first kappa shape index (κ1) is 15.6. The highest BCUT2D eigenvalue weighted by molar-refractivity contribution is 6.31. The fourth-order valence-electron chi connectivity index (χ4n) is 2.49. The van der Waals surface area contributed by atoms with E-state index in [4.69, 9.17) is 23.2 Å². The van der Waals surface area contributed by atoms with Crippen LogP contribution in [-0.4, -0.2) is 9.55 Å². The van der Waals surface area contributed by atoms with Gasteiger partial charge in [-0.2, -0.15) is 0 Å². The maximum Gasteiger partial charge on any atom is 0.144 e. The largest absolute Gasteiger partial charge is 0.321 e. The minimum atomic E-state index is -0.427. The number of nitrogens with zero attached hydrogens (tertiary/aromatic N) is 2. The van der Waals surface area contributed by atoms with Gasteiger partial charge in [0.25, 0.3) is 0 Å². The summed E-state index contributed by atoms with van der Waals surface area (Å²) < 4.78 is 15.9. The second-order valence-corrected chi connectivity index (χ2v) is 6.44. The first-order valence-corrected chi connectivity index (χ1v) is 7.67. The lowest BCUT2D eigenvalue weighted by Crippen LogP contribution is -2.30. The monoisotopic (exact) mass is 316 g/mol. The van der Waals surface area contributed by atoms with Crippen LogP contribution >= 0.6 is 23.2 Å². The zero-order valence-corrected chi connectivity index (χ0v) is 13.7. The van der Waals surface area contributed by atoms with Gasteiger partial charge in [-0.15, -0.1) is 11.6 Å². The van der Waals surface area contributed by atoms with E-state index in [2.05, 4.69) is 30.3 Å². The lowest BCUT2D eigenvalue weighted by molar-refractivity contribution is 0.293. The number of alkyl halides is 1. The van der Waals surface area contributed by atoms with Crippen molar-refractivity contribution >= 4 is 34.2 Å². The number of hydrogen-bond donors (Lipinski definition) is 0. The minimum absolute atomic E-state index is 0.0885. The molecule has 0 fully saturated rings. The molecular weight excluding hydrogens is 298 g/mol. The van der Waals surface area contributed by atoms with Crippen molar-refractivity contribution in [1.29, 1.82) is 0 Å². The Kier molecular flexibility index (Phi) is 4.31. The summed E-state index contributed by atoms with van der Waals surface area (Å²) in [6, 6.07) is 3.02. The van der Waals surface area contributed by atoms with Crippen molar-refractivity contribution < 1.29 is 4.39 Å². The predicted molar refractivity (Wildman–Crippen MR) is 83.2 cm³/mol. The van der Waals surface area contributed by atoms with Crippen molar-refractivity contribution in [2.75, 3.05) is 0 Å². The first-order chi connectivity index (χ1) is 9.34. The van der Waals surface area contributed by atoms with Crippen LogP contribution in [0.4, 0.5) is 4.39 Å². The van der Waals surface area contributed by atoms with E-state index in [9.17, 15) is 4.39 Å². The van der Waals surface area contributed by atoms with Crippen LogP contribution in [0.15, 0.2) is 12.1 Å². The Labute approximate surface area is 128 Å². The summed E-state index contributed by atoms with van der Waals surface area (Å²) in [7, 11) is 0. The second-order valence-electron chi connectivity index (χ2n) is 5.38. The molecule has 5 heteroatoms. The molecule has 20 heavy (non-hydrogen) atoms. The summed E-state index contributed by atoms with van der Waals surface area (Å²) >= 11 is 12.1. The quantitative estimate of drug-likeness (QED) is 0.665. The molecule has 1 aromatic heterocycles. The lowest BCUT2D eigenvalue weighted by atomic mass is 9.94. The molecule has 1 aromatic carbocycles. The number of aromatic nitrogens is 2. The molecule has 0 bridgehead atoms. The molecule has 1 unspecified atom stereocenters. The van der Waals surface area contributed by atoms with E-state index in [1.54, 1.807) is 6.07 Å². The third-order valence-corrected chi connectivity index (χ3v) is 4.63. The number of hydrogen-bond acceptors (Lipinski definition) is 1. The van der Waals surface area contributed by atoms with Crippen molar-refractivity contribution in [1.82, 2.24) is 9.55 Å². The smallest absolute Gasteiger partial charge is 0.144 e. The Hall–Kier alpha value is -0.800. The molecule has 1 atom stereocenters. The van der Waals surface area contributed by atoms with E-state index in [1.165, 1.54) is 6.07 Å². The molecule has 1 heterocycles. The van der Waals surface area contributed by atoms with Crippen LogP contribution in [-0.2, 0) is 5.54 Å². The molecule has 2 aromatic rings. The lowest BCUT2D eigenvalue weighted by Gasteiger charge is -2.32. The molecule has 110 valence electrons. The predicted octanol–water partition coefficient (Wildman–Crippen LogP) is 5.66. The second kappa shape index (κ2) is 5.53. The molecule has 0 radical (unpaired) electrons. The molecule has 0 saturated heterocycles. The van der Waals surface area contributed by atoms with Gasteiger partial charge in [0.05, 0.1) is 21.4 Å².